The Hall–Kier alpha value is -2.06. The number of aromatic nitrogens is 3. The monoisotopic (exact) mass is 388 g/mol. The number of hydrogen-bond acceptors (Lipinski definition) is 6. The fourth-order valence-electron chi connectivity index (χ4n) is 4.69. The van der Waals surface area contributed by atoms with Crippen molar-refractivity contribution in [2.75, 3.05) is 13.1 Å². The van der Waals surface area contributed by atoms with Gasteiger partial charge < -0.3 is 5.11 Å². The zero-order valence-corrected chi connectivity index (χ0v) is 16.7. The van der Waals surface area contributed by atoms with E-state index in [-0.39, 0.29) is 11.5 Å². The molecule has 7 nitrogen and oxygen atoms in total. The molecule has 0 bridgehead atoms. The van der Waals surface area contributed by atoms with Gasteiger partial charge in [0.25, 0.3) is 5.56 Å². The maximum atomic E-state index is 12.5. The molecule has 8 heteroatoms. The van der Waals surface area contributed by atoms with Crippen molar-refractivity contribution in [3.05, 3.63) is 32.7 Å². The maximum absolute atomic E-state index is 12.5. The molecule has 0 amide bonds. The summed E-state index contributed by atoms with van der Waals surface area (Å²) in [7, 11) is 1.65. The van der Waals surface area contributed by atoms with Gasteiger partial charge >= 0.3 is 5.97 Å². The van der Waals surface area contributed by atoms with Crippen LogP contribution in [0.4, 0.5) is 0 Å². The van der Waals surface area contributed by atoms with Crippen LogP contribution in [0.1, 0.15) is 36.2 Å². The number of carboxylic acids is 1. The lowest BCUT2D eigenvalue weighted by Gasteiger charge is -2.23. The number of likely N-dealkylation sites (tertiary alicyclic amines) is 1. The second-order valence-electron chi connectivity index (χ2n) is 7.88. The lowest BCUT2D eigenvalue weighted by Crippen LogP contribution is -2.35. The predicted octanol–water partition coefficient (Wildman–Crippen LogP) is 2.21. The van der Waals surface area contributed by atoms with Crippen LogP contribution in [0.5, 0.6) is 0 Å². The summed E-state index contributed by atoms with van der Waals surface area (Å²) < 4.78 is 1.36. The predicted molar refractivity (Wildman–Crippen MR) is 103 cm³/mol. The quantitative estimate of drug-likeness (QED) is 0.864. The van der Waals surface area contributed by atoms with Gasteiger partial charge in [-0.2, -0.15) is 5.10 Å². The van der Waals surface area contributed by atoms with E-state index in [1.807, 2.05) is 19.2 Å². The minimum Gasteiger partial charge on any atom is -0.481 e. The first-order valence-electron chi connectivity index (χ1n) is 9.27. The smallest absolute Gasteiger partial charge is 0.311 e. The molecule has 0 aromatic carbocycles. The number of carbonyl (C=O) groups is 1. The van der Waals surface area contributed by atoms with Gasteiger partial charge in [-0.05, 0) is 38.2 Å². The van der Waals surface area contributed by atoms with Gasteiger partial charge in [0, 0.05) is 32.1 Å². The fourth-order valence-corrected chi connectivity index (χ4v) is 5.59. The van der Waals surface area contributed by atoms with Crippen LogP contribution in [0.2, 0.25) is 0 Å². The molecule has 1 saturated carbocycles. The molecular formula is C19H24N4O3S. The Morgan fingerprint density at radius 1 is 1.44 bits per heavy atom. The minimum absolute atomic E-state index is 0.139. The summed E-state index contributed by atoms with van der Waals surface area (Å²) in [5, 5.41) is 16.7. The number of thiazole rings is 1. The van der Waals surface area contributed by atoms with Crippen molar-refractivity contribution < 1.29 is 9.90 Å². The second kappa shape index (κ2) is 6.53. The number of hydrogen-bond donors (Lipinski definition) is 1. The van der Waals surface area contributed by atoms with E-state index in [1.54, 1.807) is 7.05 Å². The van der Waals surface area contributed by atoms with Gasteiger partial charge in [-0.15, -0.1) is 11.3 Å². The molecule has 4 rings (SSSR count). The van der Waals surface area contributed by atoms with Crippen LogP contribution in [0.3, 0.4) is 0 Å². The Bertz CT molecular complexity index is 966. The highest BCUT2D eigenvalue weighted by atomic mass is 32.1. The summed E-state index contributed by atoms with van der Waals surface area (Å²) in [4.78, 5) is 31.3. The molecule has 1 aliphatic heterocycles. The summed E-state index contributed by atoms with van der Waals surface area (Å²) in [6.45, 7) is 5.83. The van der Waals surface area contributed by atoms with E-state index in [0.717, 1.165) is 42.8 Å². The van der Waals surface area contributed by atoms with E-state index in [2.05, 4.69) is 10.00 Å². The van der Waals surface area contributed by atoms with Gasteiger partial charge in [-0.3, -0.25) is 14.5 Å². The molecule has 3 heterocycles. The van der Waals surface area contributed by atoms with E-state index >= 15 is 0 Å². The third-order valence-corrected chi connectivity index (χ3v) is 7.15. The summed E-state index contributed by atoms with van der Waals surface area (Å²) in [6, 6.07) is 0. The zero-order valence-electron chi connectivity index (χ0n) is 15.9. The highest BCUT2D eigenvalue weighted by molar-refractivity contribution is 7.13. The molecule has 1 aliphatic carbocycles. The molecule has 2 atom stereocenters. The molecule has 144 valence electrons. The van der Waals surface area contributed by atoms with Crippen molar-refractivity contribution in [2.45, 2.75) is 39.7 Å². The van der Waals surface area contributed by atoms with Gasteiger partial charge in [-0.25, -0.2) is 9.67 Å². The van der Waals surface area contributed by atoms with Gasteiger partial charge in [0.1, 0.15) is 5.01 Å². The Morgan fingerprint density at radius 2 is 2.22 bits per heavy atom. The largest absolute Gasteiger partial charge is 0.481 e. The van der Waals surface area contributed by atoms with Crippen LogP contribution in [-0.2, 0) is 18.4 Å². The standard InChI is InChI=1S/C19H24N4O3S/c1-11-12(2)21-22(3)17(24)15(11)16-20-14(9-27-16)8-23-7-13-5-4-6-19(13,10-23)18(25)26/h9,13H,4-8,10H2,1-3H3,(H,25,26)/t13-,19+/m0/s1. The Kier molecular flexibility index (Phi) is 4.43. The summed E-state index contributed by atoms with van der Waals surface area (Å²) in [5.41, 5.74) is 2.47. The normalized spacial score (nSPS) is 25.1. The van der Waals surface area contributed by atoms with Crippen molar-refractivity contribution >= 4 is 17.3 Å². The zero-order chi connectivity index (χ0) is 19.3. The molecule has 1 N–H and O–H groups in total. The van der Waals surface area contributed by atoms with E-state index in [4.69, 9.17) is 4.98 Å². The van der Waals surface area contributed by atoms with Gasteiger partial charge in [-0.1, -0.05) is 6.42 Å². The minimum atomic E-state index is -0.655. The van der Waals surface area contributed by atoms with Crippen molar-refractivity contribution in [2.24, 2.45) is 18.4 Å². The van der Waals surface area contributed by atoms with Crippen molar-refractivity contribution in [3.63, 3.8) is 0 Å². The highest BCUT2D eigenvalue weighted by Gasteiger charge is 2.54. The van der Waals surface area contributed by atoms with Crippen LogP contribution >= 0.6 is 11.3 Å². The fraction of sp³-hybridized carbons (Fsp3) is 0.579. The van der Waals surface area contributed by atoms with Crippen molar-refractivity contribution in [1.29, 1.82) is 0 Å². The van der Waals surface area contributed by atoms with Crippen molar-refractivity contribution in [1.82, 2.24) is 19.7 Å². The number of rotatable bonds is 4. The van der Waals surface area contributed by atoms with E-state index < -0.39 is 11.4 Å². The number of aryl methyl sites for hydroxylation is 2. The SMILES string of the molecule is Cc1nn(C)c(=O)c(-c2nc(CN3C[C@@H]4CCC[C@@]4(C(=O)O)C3)cs2)c1C. The Morgan fingerprint density at radius 3 is 2.93 bits per heavy atom. The third kappa shape index (κ3) is 2.91. The number of nitrogens with zero attached hydrogens (tertiary/aromatic N) is 4. The van der Waals surface area contributed by atoms with Crippen LogP contribution in [0.15, 0.2) is 10.2 Å². The average Bonchev–Trinajstić information content (AvgIpc) is 3.28. The second-order valence-corrected chi connectivity index (χ2v) is 8.74. The molecule has 2 aliphatic rings. The maximum Gasteiger partial charge on any atom is 0.311 e. The molecule has 0 radical (unpaired) electrons. The molecule has 0 unspecified atom stereocenters. The molecule has 2 aromatic heterocycles. The lowest BCUT2D eigenvalue weighted by atomic mass is 9.81. The molecule has 1 saturated heterocycles. The third-order valence-electron chi connectivity index (χ3n) is 6.24. The molecular weight excluding hydrogens is 364 g/mol. The molecule has 0 spiro atoms. The number of aliphatic carboxylic acids is 1. The summed E-state index contributed by atoms with van der Waals surface area (Å²) in [6.07, 6.45) is 2.78. The Labute approximate surface area is 161 Å². The molecule has 2 fully saturated rings. The first-order chi connectivity index (χ1) is 12.8. The van der Waals surface area contributed by atoms with E-state index in [1.165, 1.54) is 16.0 Å². The van der Waals surface area contributed by atoms with Gasteiger partial charge in [0.05, 0.1) is 22.4 Å². The summed E-state index contributed by atoms with van der Waals surface area (Å²) >= 11 is 1.46. The first-order valence-corrected chi connectivity index (χ1v) is 10.1. The van der Waals surface area contributed by atoms with E-state index in [9.17, 15) is 14.7 Å². The van der Waals surface area contributed by atoms with Gasteiger partial charge in [0.15, 0.2) is 0 Å². The van der Waals surface area contributed by atoms with E-state index in [0.29, 0.717) is 23.7 Å². The van der Waals surface area contributed by atoms with Crippen LogP contribution < -0.4 is 5.56 Å². The topological polar surface area (TPSA) is 88.3 Å². The molecule has 27 heavy (non-hydrogen) atoms. The highest BCUT2D eigenvalue weighted by Crippen LogP contribution is 2.49. The summed E-state index contributed by atoms with van der Waals surface area (Å²) in [5.74, 6) is -0.414. The number of carboxylic acid groups (broad SMARTS) is 1. The Balaban J connectivity index is 1.57. The van der Waals surface area contributed by atoms with Crippen molar-refractivity contribution in [3.8, 4) is 10.6 Å². The van der Waals surface area contributed by atoms with Crippen LogP contribution in [-0.4, -0.2) is 43.8 Å². The van der Waals surface area contributed by atoms with Crippen LogP contribution in [0, 0.1) is 25.2 Å². The van der Waals surface area contributed by atoms with Gasteiger partial charge in [0.2, 0.25) is 0 Å². The number of fused-ring (bicyclic) bond motifs is 1. The lowest BCUT2D eigenvalue weighted by molar-refractivity contribution is -0.149. The van der Waals surface area contributed by atoms with Crippen LogP contribution in [0.25, 0.3) is 10.6 Å². The molecule has 2 aromatic rings. The first kappa shape index (κ1) is 18.3. The average molecular weight is 388 g/mol.